The molecular formula is C18H15N5O2S. The summed E-state index contributed by atoms with van der Waals surface area (Å²) in [7, 11) is -3.40. The Morgan fingerprint density at radius 3 is 2.85 bits per heavy atom. The van der Waals surface area contributed by atoms with E-state index in [4.69, 9.17) is 5.26 Å². The lowest BCUT2D eigenvalue weighted by atomic mass is 10.1. The van der Waals surface area contributed by atoms with Crippen molar-refractivity contribution in [2.24, 2.45) is 0 Å². The highest BCUT2D eigenvalue weighted by Crippen LogP contribution is 2.29. The van der Waals surface area contributed by atoms with Crippen molar-refractivity contribution >= 4 is 31.8 Å². The third kappa shape index (κ3) is 2.62. The molecule has 0 saturated carbocycles. The van der Waals surface area contributed by atoms with Crippen molar-refractivity contribution in [2.45, 2.75) is 18.4 Å². The van der Waals surface area contributed by atoms with Crippen LogP contribution in [0.3, 0.4) is 0 Å². The van der Waals surface area contributed by atoms with Crippen molar-refractivity contribution in [1.29, 1.82) is 5.26 Å². The van der Waals surface area contributed by atoms with Crippen LogP contribution in [0.5, 0.6) is 0 Å². The van der Waals surface area contributed by atoms with Crippen LogP contribution in [0.2, 0.25) is 0 Å². The first-order valence-electron chi connectivity index (χ1n) is 7.90. The Morgan fingerprint density at radius 2 is 2.12 bits per heavy atom. The van der Waals surface area contributed by atoms with Crippen LogP contribution in [0.15, 0.2) is 41.7 Å². The van der Waals surface area contributed by atoms with Crippen LogP contribution in [0, 0.1) is 18.3 Å². The Hall–Kier alpha value is -3.18. The van der Waals surface area contributed by atoms with Gasteiger partial charge >= 0.3 is 0 Å². The lowest BCUT2D eigenvalue weighted by molar-refractivity contribution is 0.599. The van der Waals surface area contributed by atoms with Gasteiger partial charge < -0.3 is 4.98 Å². The zero-order chi connectivity index (χ0) is 18.5. The zero-order valence-electron chi connectivity index (χ0n) is 14.2. The van der Waals surface area contributed by atoms with E-state index in [0.29, 0.717) is 27.1 Å². The number of aromatic nitrogens is 4. The number of hydrogen-bond acceptors (Lipinski definition) is 5. The van der Waals surface area contributed by atoms with Crippen LogP contribution < -0.4 is 0 Å². The van der Waals surface area contributed by atoms with Gasteiger partial charge in [0.05, 0.1) is 23.2 Å². The average Bonchev–Trinajstić information content (AvgIpc) is 3.22. The van der Waals surface area contributed by atoms with E-state index >= 15 is 0 Å². The van der Waals surface area contributed by atoms with Crippen molar-refractivity contribution in [3.63, 3.8) is 0 Å². The number of nitrogens with one attached hydrogen (secondary N) is 1. The summed E-state index contributed by atoms with van der Waals surface area (Å²) in [6.45, 7) is 2.17. The van der Waals surface area contributed by atoms with Gasteiger partial charge in [0.1, 0.15) is 17.1 Å². The first-order valence-corrected chi connectivity index (χ1v) is 9.79. The fourth-order valence-corrected chi connectivity index (χ4v) is 4.20. The number of H-pyrrole nitrogens is 1. The maximum absolute atomic E-state index is 12.3. The summed E-state index contributed by atoms with van der Waals surface area (Å²) >= 11 is 0. The minimum Gasteiger partial charge on any atom is -0.361 e. The van der Waals surface area contributed by atoms with E-state index in [9.17, 15) is 8.42 Å². The largest absolute Gasteiger partial charge is 0.361 e. The van der Waals surface area contributed by atoms with Gasteiger partial charge in [-0.15, -0.1) is 0 Å². The van der Waals surface area contributed by atoms with E-state index < -0.39 is 9.84 Å². The predicted octanol–water partition coefficient (Wildman–Crippen LogP) is 2.54. The third-order valence-electron chi connectivity index (χ3n) is 4.37. The van der Waals surface area contributed by atoms with Crippen molar-refractivity contribution < 1.29 is 8.42 Å². The second kappa shape index (κ2) is 5.68. The minimum atomic E-state index is -3.40. The molecule has 0 atom stereocenters. The molecule has 3 heterocycles. The molecule has 0 saturated heterocycles. The molecule has 0 spiro atoms. The summed E-state index contributed by atoms with van der Waals surface area (Å²) in [5, 5.41) is 14.3. The smallest absolute Gasteiger partial charge is 0.175 e. The van der Waals surface area contributed by atoms with Gasteiger partial charge in [0.25, 0.3) is 0 Å². The van der Waals surface area contributed by atoms with Crippen LogP contribution >= 0.6 is 0 Å². The maximum atomic E-state index is 12.3. The number of pyridine rings is 1. The van der Waals surface area contributed by atoms with E-state index in [1.54, 1.807) is 29.2 Å². The number of aromatic amines is 1. The van der Waals surface area contributed by atoms with E-state index in [2.05, 4.69) is 15.1 Å². The van der Waals surface area contributed by atoms with Gasteiger partial charge in [-0.25, -0.2) is 8.42 Å². The fourth-order valence-electron chi connectivity index (χ4n) is 3.19. The first kappa shape index (κ1) is 16.3. The lowest BCUT2D eigenvalue weighted by Gasteiger charge is -2.12. The number of benzene rings is 1. The predicted molar refractivity (Wildman–Crippen MR) is 97.5 cm³/mol. The second-order valence-electron chi connectivity index (χ2n) is 6.28. The number of aryl methyl sites for hydroxylation is 1. The molecule has 0 radical (unpaired) electrons. The van der Waals surface area contributed by atoms with E-state index in [1.807, 2.05) is 19.1 Å². The first-order chi connectivity index (χ1) is 12.4. The van der Waals surface area contributed by atoms with E-state index in [0.717, 1.165) is 16.5 Å². The average molecular weight is 365 g/mol. The third-order valence-corrected chi connectivity index (χ3v) is 5.53. The van der Waals surface area contributed by atoms with Gasteiger partial charge in [0.15, 0.2) is 9.84 Å². The van der Waals surface area contributed by atoms with Crippen molar-refractivity contribution in [2.75, 3.05) is 6.26 Å². The highest BCUT2D eigenvalue weighted by molar-refractivity contribution is 7.90. The summed E-state index contributed by atoms with van der Waals surface area (Å²) < 4.78 is 26.3. The van der Waals surface area contributed by atoms with Crippen LogP contribution in [0.25, 0.3) is 21.9 Å². The normalized spacial score (nSPS) is 11.9. The van der Waals surface area contributed by atoms with Crippen LogP contribution in [0.1, 0.15) is 16.7 Å². The molecule has 1 N–H and O–H groups in total. The molecule has 130 valence electrons. The monoisotopic (exact) mass is 365 g/mol. The summed E-state index contributed by atoms with van der Waals surface area (Å²) in [5.74, 6) is 0. The van der Waals surface area contributed by atoms with Gasteiger partial charge in [0.2, 0.25) is 0 Å². The SMILES string of the molecule is Cc1cc(S(C)(=O)=O)c(Cn2cc3ncc(C#N)cc3n2)c2cc[nH]c12. The highest BCUT2D eigenvalue weighted by atomic mass is 32.2. The van der Waals surface area contributed by atoms with Gasteiger partial charge in [-0.05, 0) is 30.7 Å². The molecule has 4 rings (SSSR count). The maximum Gasteiger partial charge on any atom is 0.175 e. The Labute approximate surface area is 149 Å². The Bertz CT molecular complexity index is 1310. The summed E-state index contributed by atoms with van der Waals surface area (Å²) in [4.78, 5) is 7.68. The van der Waals surface area contributed by atoms with Crippen LogP contribution in [-0.4, -0.2) is 34.4 Å². The molecule has 8 heteroatoms. The molecule has 7 nitrogen and oxygen atoms in total. The molecule has 0 aliphatic carbocycles. The number of nitrogens with zero attached hydrogens (tertiary/aromatic N) is 4. The topological polar surface area (TPSA) is 104 Å². The lowest BCUT2D eigenvalue weighted by Crippen LogP contribution is -2.08. The standard InChI is InChI=1S/C18H15N5O2S/c1-11-5-17(26(2,24)25)14(13-3-4-20-18(11)13)9-23-10-16-15(22-23)6-12(7-19)8-21-16/h3-6,8,10,20H,9H2,1-2H3. The number of rotatable bonds is 3. The minimum absolute atomic E-state index is 0.287. The molecule has 3 aromatic heterocycles. The molecule has 0 amide bonds. The molecule has 1 aromatic carbocycles. The summed E-state index contributed by atoms with van der Waals surface area (Å²) in [6.07, 6.45) is 6.26. The van der Waals surface area contributed by atoms with Gasteiger partial charge in [0, 0.05) is 35.1 Å². The van der Waals surface area contributed by atoms with E-state index in [1.165, 1.54) is 12.5 Å². The van der Waals surface area contributed by atoms with Gasteiger partial charge in [-0.2, -0.15) is 10.4 Å². The highest BCUT2D eigenvalue weighted by Gasteiger charge is 2.19. The number of fused-ring (bicyclic) bond motifs is 2. The molecule has 26 heavy (non-hydrogen) atoms. The number of hydrogen-bond donors (Lipinski definition) is 1. The molecule has 0 aliphatic rings. The van der Waals surface area contributed by atoms with Crippen molar-refractivity contribution in [3.05, 3.63) is 53.5 Å². The Balaban J connectivity index is 1.91. The molecular weight excluding hydrogens is 350 g/mol. The van der Waals surface area contributed by atoms with E-state index in [-0.39, 0.29) is 6.54 Å². The molecule has 0 aliphatic heterocycles. The zero-order valence-corrected chi connectivity index (χ0v) is 15.0. The number of nitriles is 1. The number of sulfone groups is 1. The van der Waals surface area contributed by atoms with Crippen molar-refractivity contribution in [1.82, 2.24) is 19.7 Å². The van der Waals surface area contributed by atoms with Gasteiger partial charge in [-0.1, -0.05) is 0 Å². The van der Waals surface area contributed by atoms with Crippen LogP contribution in [0.4, 0.5) is 0 Å². The molecule has 0 bridgehead atoms. The Morgan fingerprint density at radius 1 is 1.31 bits per heavy atom. The summed E-state index contributed by atoms with van der Waals surface area (Å²) in [6, 6.07) is 7.27. The second-order valence-corrected chi connectivity index (χ2v) is 8.26. The fraction of sp³-hybridized carbons (Fsp3) is 0.167. The summed E-state index contributed by atoms with van der Waals surface area (Å²) in [5.41, 5.74) is 4.16. The quantitative estimate of drug-likeness (QED) is 0.601. The Kier molecular flexibility index (Phi) is 3.56. The van der Waals surface area contributed by atoms with Crippen molar-refractivity contribution in [3.8, 4) is 6.07 Å². The molecule has 0 unspecified atom stereocenters. The van der Waals surface area contributed by atoms with Crippen LogP contribution in [-0.2, 0) is 16.4 Å². The van der Waals surface area contributed by atoms with Gasteiger partial charge in [-0.3, -0.25) is 9.67 Å². The molecule has 4 aromatic rings. The molecule has 0 fully saturated rings.